The minimum Gasteiger partial charge on any atom is -0.299 e. The summed E-state index contributed by atoms with van der Waals surface area (Å²) in [7, 11) is 0. The van der Waals surface area contributed by atoms with Crippen molar-refractivity contribution in [3.63, 3.8) is 0 Å². The number of Topliss-reactive ketones (excluding diaryl/α,β-unsaturated/α-hetero) is 1. The summed E-state index contributed by atoms with van der Waals surface area (Å²) in [6.45, 7) is 4.32. The number of carbonyl (C=O) groups excluding carboxylic acids is 1. The molecule has 0 N–H and O–H groups in total. The second-order valence-corrected chi connectivity index (χ2v) is 5.09. The maximum atomic E-state index is 12.3. The Kier molecular flexibility index (Phi) is 3.13. The Morgan fingerprint density at radius 1 is 1.31 bits per heavy atom. The molecule has 1 unspecified atom stereocenters. The highest BCUT2D eigenvalue weighted by Crippen LogP contribution is 2.50. The molecule has 2 rings (SSSR count). The number of carbonyl (C=O) groups is 1. The molecular weight excluding hydrogens is 196 g/mol. The number of ketones is 1. The SMILES string of the molecule is CCC(C)CC(=O)C1(c2ccccc2)CC1. The van der Waals surface area contributed by atoms with Crippen molar-refractivity contribution in [3.05, 3.63) is 35.9 Å². The first kappa shape index (κ1) is 11.4. The van der Waals surface area contributed by atoms with E-state index in [1.54, 1.807) is 0 Å². The second kappa shape index (κ2) is 4.40. The van der Waals surface area contributed by atoms with Crippen LogP contribution in [-0.4, -0.2) is 5.78 Å². The van der Waals surface area contributed by atoms with Crippen LogP contribution in [0.15, 0.2) is 30.3 Å². The normalized spacial score (nSPS) is 19.1. The monoisotopic (exact) mass is 216 g/mol. The molecular formula is C15H20O. The van der Waals surface area contributed by atoms with E-state index in [0.717, 1.165) is 25.7 Å². The van der Waals surface area contributed by atoms with Crippen LogP contribution in [0.5, 0.6) is 0 Å². The van der Waals surface area contributed by atoms with Crippen molar-refractivity contribution in [2.24, 2.45) is 5.92 Å². The van der Waals surface area contributed by atoms with Crippen LogP contribution in [-0.2, 0) is 10.2 Å². The second-order valence-electron chi connectivity index (χ2n) is 5.09. The highest BCUT2D eigenvalue weighted by molar-refractivity contribution is 5.93. The van der Waals surface area contributed by atoms with Crippen LogP contribution in [0.2, 0.25) is 0 Å². The lowest BCUT2D eigenvalue weighted by atomic mass is 9.86. The minimum atomic E-state index is -0.106. The van der Waals surface area contributed by atoms with Crippen LogP contribution in [0.1, 0.15) is 45.1 Å². The van der Waals surface area contributed by atoms with E-state index in [2.05, 4.69) is 26.0 Å². The van der Waals surface area contributed by atoms with Gasteiger partial charge < -0.3 is 0 Å². The van der Waals surface area contributed by atoms with Crippen LogP contribution in [0.4, 0.5) is 0 Å². The van der Waals surface area contributed by atoms with Crippen LogP contribution < -0.4 is 0 Å². The lowest BCUT2D eigenvalue weighted by Crippen LogP contribution is -2.22. The van der Waals surface area contributed by atoms with Gasteiger partial charge in [0.2, 0.25) is 0 Å². The van der Waals surface area contributed by atoms with Crippen molar-refractivity contribution < 1.29 is 4.79 Å². The number of rotatable bonds is 5. The largest absolute Gasteiger partial charge is 0.299 e. The summed E-state index contributed by atoms with van der Waals surface area (Å²) < 4.78 is 0. The Morgan fingerprint density at radius 2 is 1.94 bits per heavy atom. The molecule has 1 saturated carbocycles. The average molecular weight is 216 g/mol. The Hall–Kier alpha value is -1.11. The maximum Gasteiger partial charge on any atom is 0.143 e. The van der Waals surface area contributed by atoms with E-state index in [4.69, 9.17) is 0 Å². The molecule has 1 nitrogen and oxygen atoms in total. The van der Waals surface area contributed by atoms with Gasteiger partial charge in [0.25, 0.3) is 0 Å². The molecule has 0 bridgehead atoms. The zero-order valence-electron chi connectivity index (χ0n) is 10.2. The van der Waals surface area contributed by atoms with Crippen molar-refractivity contribution in [2.45, 2.75) is 44.9 Å². The van der Waals surface area contributed by atoms with Gasteiger partial charge in [-0.05, 0) is 24.3 Å². The van der Waals surface area contributed by atoms with Gasteiger partial charge in [-0.3, -0.25) is 4.79 Å². The molecule has 1 aromatic carbocycles. The first-order chi connectivity index (χ1) is 7.69. The summed E-state index contributed by atoms with van der Waals surface area (Å²) >= 11 is 0. The van der Waals surface area contributed by atoms with Gasteiger partial charge in [0.05, 0.1) is 5.41 Å². The predicted molar refractivity (Wildman–Crippen MR) is 66.4 cm³/mol. The van der Waals surface area contributed by atoms with E-state index in [1.165, 1.54) is 5.56 Å². The lowest BCUT2D eigenvalue weighted by Gasteiger charge is -2.16. The molecule has 1 fully saturated rings. The van der Waals surface area contributed by atoms with E-state index in [-0.39, 0.29) is 5.41 Å². The lowest BCUT2D eigenvalue weighted by molar-refractivity contribution is -0.122. The van der Waals surface area contributed by atoms with Crippen molar-refractivity contribution in [1.29, 1.82) is 0 Å². The Labute approximate surface area is 97.9 Å². The van der Waals surface area contributed by atoms with Crippen molar-refractivity contribution in [3.8, 4) is 0 Å². The van der Waals surface area contributed by atoms with E-state index in [0.29, 0.717) is 11.7 Å². The Balaban J connectivity index is 2.12. The summed E-state index contributed by atoms with van der Waals surface area (Å²) in [4.78, 5) is 12.3. The molecule has 16 heavy (non-hydrogen) atoms. The molecule has 86 valence electrons. The fourth-order valence-electron chi connectivity index (χ4n) is 2.27. The van der Waals surface area contributed by atoms with Gasteiger partial charge in [-0.25, -0.2) is 0 Å². The molecule has 0 spiro atoms. The molecule has 0 radical (unpaired) electrons. The van der Waals surface area contributed by atoms with Gasteiger partial charge in [-0.15, -0.1) is 0 Å². The zero-order valence-corrected chi connectivity index (χ0v) is 10.2. The summed E-state index contributed by atoms with van der Waals surface area (Å²) in [6.07, 6.45) is 3.93. The van der Waals surface area contributed by atoms with Gasteiger partial charge in [0.1, 0.15) is 5.78 Å². The number of hydrogen-bond acceptors (Lipinski definition) is 1. The molecule has 1 aliphatic rings. The molecule has 0 heterocycles. The van der Waals surface area contributed by atoms with Crippen LogP contribution >= 0.6 is 0 Å². The highest BCUT2D eigenvalue weighted by atomic mass is 16.1. The zero-order chi connectivity index (χ0) is 11.6. The van der Waals surface area contributed by atoms with Gasteiger partial charge in [-0.1, -0.05) is 50.6 Å². The third-order valence-corrected chi connectivity index (χ3v) is 3.84. The van der Waals surface area contributed by atoms with Gasteiger partial charge in [-0.2, -0.15) is 0 Å². The van der Waals surface area contributed by atoms with Crippen molar-refractivity contribution in [2.75, 3.05) is 0 Å². The molecule has 0 aromatic heterocycles. The number of hydrogen-bond donors (Lipinski definition) is 0. The highest BCUT2D eigenvalue weighted by Gasteiger charge is 2.50. The molecule has 0 aliphatic heterocycles. The minimum absolute atomic E-state index is 0.106. The van der Waals surface area contributed by atoms with E-state index in [1.807, 2.05) is 18.2 Å². The Bertz CT molecular complexity index is 362. The van der Waals surface area contributed by atoms with Crippen molar-refractivity contribution >= 4 is 5.78 Å². The van der Waals surface area contributed by atoms with Crippen LogP contribution in [0.25, 0.3) is 0 Å². The van der Waals surface area contributed by atoms with Gasteiger partial charge >= 0.3 is 0 Å². The first-order valence-electron chi connectivity index (χ1n) is 6.28. The molecule has 1 atom stereocenters. The molecule has 0 saturated heterocycles. The van der Waals surface area contributed by atoms with Crippen LogP contribution in [0.3, 0.4) is 0 Å². The maximum absolute atomic E-state index is 12.3. The number of benzene rings is 1. The molecule has 1 aromatic rings. The van der Waals surface area contributed by atoms with E-state index < -0.39 is 0 Å². The average Bonchev–Trinajstić information content (AvgIpc) is 3.11. The molecule has 1 aliphatic carbocycles. The smallest absolute Gasteiger partial charge is 0.143 e. The summed E-state index contributed by atoms with van der Waals surface area (Å²) in [5.41, 5.74) is 1.12. The van der Waals surface area contributed by atoms with E-state index in [9.17, 15) is 4.79 Å². The topological polar surface area (TPSA) is 17.1 Å². The van der Waals surface area contributed by atoms with E-state index >= 15 is 0 Å². The Morgan fingerprint density at radius 3 is 2.44 bits per heavy atom. The summed E-state index contributed by atoms with van der Waals surface area (Å²) in [6, 6.07) is 10.3. The first-order valence-corrected chi connectivity index (χ1v) is 6.28. The standard InChI is InChI=1S/C15H20O/c1-3-12(2)11-14(16)15(9-10-15)13-7-5-4-6-8-13/h4-8,12H,3,9-11H2,1-2H3. The molecule has 0 amide bonds. The van der Waals surface area contributed by atoms with Crippen LogP contribution in [0, 0.1) is 5.92 Å². The predicted octanol–water partition coefficient (Wildman–Crippen LogP) is 3.72. The third-order valence-electron chi connectivity index (χ3n) is 3.84. The third kappa shape index (κ3) is 2.04. The fourth-order valence-corrected chi connectivity index (χ4v) is 2.27. The van der Waals surface area contributed by atoms with Gasteiger partial charge in [0, 0.05) is 6.42 Å². The molecule has 1 heteroatoms. The quantitative estimate of drug-likeness (QED) is 0.733. The summed E-state index contributed by atoms with van der Waals surface area (Å²) in [5.74, 6) is 0.974. The fraction of sp³-hybridized carbons (Fsp3) is 0.533. The summed E-state index contributed by atoms with van der Waals surface area (Å²) in [5, 5.41) is 0. The van der Waals surface area contributed by atoms with Gasteiger partial charge in [0.15, 0.2) is 0 Å². The van der Waals surface area contributed by atoms with Crippen molar-refractivity contribution in [1.82, 2.24) is 0 Å².